The second kappa shape index (κ2) is 4.96. The topological polar surface area (TPSA) is 0 Å². The van der Waals surface area contributed by atoms with Crippen LogP contribution in [0.15, 0.2) is 37.5 Å². The molecule has 0 aliphatic heterocycles. The summed E-state index contributed by atoms with van der Waals surface area (Å²) in [7, 11) is 0. The molecule has 1 heteroatoms. The van der Waals surface area contributed by atoms with E-state index < -0.39 is 20.2 Å². The first-order chi connectivity index (χ1) is 3.85. The molecule has 0 nitrogen and oxygen atoms in total. The van der Waals surface area contributed by atoms with Crippen molar-refractivity contribution in [2.45, 2.75) is 0 Å². The molecule has 42 valence electrons. The predicted molar refractivity (Wildman–Crippen MR) is 39.9 cm³/mol. The van der Waals surface area contributed by atoms with Crippen molar-refractivity contribution in [1.29, 1.82) is 0 Å². The van der Waals surface area contributed by atoms with Gasteiger partial charge in [0.25, 0.3) is 0 Å². The van der Waals surface area contributed by atoms with E-state index in [1.54, 1.807) is 0 Å². The van der Waals surface area contributed by atoms with Crippen LogP contribution in [0.1, 0.15) is 0 Å². The Morgan fingerprint density at radius 2 is 1.75 bits per heavy atom. The van der Waals surface area contributed by atoms with Gasteiger partial charge in [-0.15, -0.1) is 0 Å². The van der Waals surface area contributed by atoms with E-state index in [-0.39, 0.29) is 0 Å². The Kier molecular flexibility index (Phi) is 4.85. The van der Waals surface area contributed by atoms with Gasteiger partial charge in [-0.05, 0) is 0 Å². The van der Waals surface area contributed by atoms with Gasteiger partial charge in [-0.1, -0.05) is 0 Å². The summed E-state index contributed by atoms with van der Waals surface area (Å²) in [4.78, 5) is 0. The molecule has 0 bridgehead atoms. The van der Waals surface area contributed by atoms with E-state index >= 15 is 0 Å². The zero-order valence-electron chi connectivity index (χ0n) is 4.80. The third kappa shape index (κ3) is 2.91. The van der Waals surface area contributed by atoms with Gasteiger partial charge in [-0.25, -0.2) is 0 Å². The summed E-state index contributed by atoms with van der Waals surface area (Å²) in [6.07, 6.45) is 0. The molecule has 0 radical (unpaired) electrons. The van der Waals surface area contributed by atoms with Crippen LogP contribution in [0.5, 0.6) is 0 Å². The third-order valence-electron chi connectivity index (χ3n) is 0.662. The van der Waals surface area contributed by atoms with Crippen LogP contribution in [0.2, 0.25) is 0 Å². The Bertz CT molecular complexity index is 121. The standard InChI is InChI=1S/C3H3.2C2H3.Sb/c1-3-2;2*1-2;/h1H,2H2;2*1H,2H2;. The molecule has 0 spiro atoms. The van der Waals surface area contributed by atoms with Crippen LogP contribution in [-0.4, -0.2) is 20.2 Å². The second-order valence-corrected chi connectivity index (χ2v) is 6.52. The number of hydrogen-bond acceptors (Lipinski definition) is 0. The first-order valence-electron chi connectivity index (χ1n) is 2.23. The molecule has 0 amide bonds. The van der Waals surface area contributed by atoms with E-state index in [9.17, 15) is 0 Å². The Hall–Kier alpha value is -0.182. The number of hydrogen-bond donors (Lipinski definition) is 0. The molecule has 0 atom stereocenters. The zero-order valence-corrected chi connectivity index (χ0v) is 7.35. The van der Waals surface area contributed by atoms with Crippen LogP contribution in [0, 0.1) is 0 Å². The Morgan fingerprint density at radius 1 is 1.25 bits per heavy atom. The molecule has 0 aromatic carbocycles. The molecule has 0 fully saturated rings. The average Bonchev–Trinajstić information content (AvgIpc) is 1.83. The van der Waals surface area contributed by atoms with Crippen LogP contribution in [0.4, 0.5) is 0 Å². The van der Waals surface area contributed by atoms with Gasteiger partial charge in [-0.2, -0.15) is 0 Å². The molecule has 0 N–H and O–H groups in total. The summed E-state index contributed by atoms with van der Waals surface area (Å²) in [6, 6.07) is 0. The van der Waals surface area contributed by atoms with Gasteiger partial charge < -0.3 is 0 Å². The van der Waals surface area contributed by atoms with E-state index in [0.717, 1.165) is 0 Å². The molecule has 8 heavy (non-hydrogen) atoms. The fraction of sp³-hybridized carbons (Fsp3) is 0. The van der Waals surface area contributed by atoms with E-state index in [4.69, 9.17) is 0 Å². The first-order valence-corrected chi connectivity index (χ1v) is 6.65. The third-order valence-corrected chi connectivity index (χ3v) is 4.44. The van der Waals surface area contributed by atoms with Crippen LogP contribution in [0.25, 0.3) is 0 Å². The van der Waals surface area contributed by atoms with Gasteiger partial charge >= 0.3 is 57.7 Å². The summed E-state index contributed by atoms with van der Waals surface area (Å²) >= 11 is -1.34. The van der Waals surface area contributed by atoms with Gasteiger partial charge in [0, 0.05) is 0 Å². The van der Waals surface area contributed by atoms with E-state index in [0.29, 0.717) is 0 Å². The summed E-state index contributed by atoms with van der Waals surface area (Å²) in [5.74, 6) is 0. The molecule has 0 aliphatic rings. The Morgan fingerprint density at radius 3 is 1.88 bits per heavy atom. The van der Waals surface area contributed by atoms with Crippen LogP contribution >= 0.6 is 0 Å². The molecule has 0 saturated carbocycles. The van der Waals surface area contributed by atoms with E-state index in [2.05, 4.69) is 25.5 Å². The van der Waals surface area contributed by atoms with Gasteiger partial charge in [-0.3, -0.25) is 0 Å². The van der Waals surface area contributed by atoms with Crippen LogP contribution < -0.4 is 0 Å². The fourth-order valence-corrected chi connectivity index (χ4v) is 1.91. The average molecular weight is 215 g/mol. The van der Waals surface area contributed by atoms with Crippen molar-refractivity contribution in [1.82, 2.24) is 0 Å². The normalized spacial score (nSPS) is 7.62. The van der Waals surface area contributed by atoms with Crippen molar-refractivity contribution in [2.24, 2.45) is 0 Å². The van der Waals surface area contributed by atoms with Gasteiger partial charge in [0.2, 0.25) is 0 Å². The summed E-state index contributed by atoms with van der Waals surface area (Å²) < 4.78 is 5.92. The van der Waals surface area contributed by atoms with Crippen molar-refractivity contribution >= 4 is 20.2 Å². The molecule has 0 unspecified atom stereocenters. The summed E-state index contributed by atoms with van der Waals surface area (Å²) in [5.41, 5.74) is 2.73. The summed E-state index contributed by atoms with van der Waals surface area (Å²) in [5, 5.41) is 0. The molecular weight excluding hydrogens is 206 g/mol. The van der Waals surface area contributed by atoms with Gasteiger partial charge in [0.05, 0.1) is 0 Å². The van der Waals surface area contributed by atoms with Crippen LogP contribution in [0.3, 0.4) is 0 Å². The molecule has 0 rings (SSSR count). The Labute approximate surface area is 57.9 Å². The maximum absolute atomic E-state index is 3.66. The minimum absolute atomic E-state index is 1.34. The van der Waals surface area contributed by atoms with Gasteiger partial charge in [0.15, 0.2) is 0 Å². The van der Waals surface area contributed by atoms with Crippen molar-refractivity contribution in [3.63, 3.8) is 0 Å². The Balaban J connectivity index is 3.87. The van der Waals surface area contributed by atoms with E-state index in [1.165, 1.54) is 0 Å². The maximum atomic E-state index is 3.66. The number of rotatable bonds is 3. The second-order valence-electron chi connectivity index (χ2n) is 1.15. The molecule has 0 aromatic heterocycles. The quantitative estimate of drug-likeness (QED) is 0.497. The molecule has 0 aromatic rings. The summed E-state index contributed by atoms with van der Waals surface area (Å²) in [6.45, 7) is 10.8. The van der Waals surface area contributed by atoms with Gasteiger partial charge in [0.1, 0.15) is 0 Å². The van der Waals surface area contributed by atoms with E-state index in [1.807, 2.05) is 12.1 Å². The first kappa shape index (κ1) is 7.82. The minimum atomic E-state index is -1.34. The SMILES string of the molecule is C=C=[CH][Sb]([CH]=C)[CH]=C. The monoisotopic (exact) mass is 214 g/mol. The predicted octanol–water partition coefficient (Wildman–Crippen LogP) is 1.81. The van der Waals surface area contributed by atoms with Crippen molar-refractivity contribution in [3.05, 3.63) is 37.5 Å². The van der Waals surface area contributed by atoms with Crippen molar-refractivity contribution in [3.8, 4) is 0 Å². The van der Waals surface area contributed by atoms with Crippen LogP contribution in [-0.2, 0) is 0 Å². The molecule has 0 saturated heterocycles. The van der Waals surface area contributed by atoms with Crippen molar-refractivity contribution < 1.29 is 0 Å². The molecule has 0 heterocycles. The molecular formula is C7H9Sb. The fourth-order valence-electron chi connectivity index (χ4n) is 0.285. The van der Waals surface area contributed by atoms with Crippen molar-refractivity contribution in [2.75, 3.05) is 0 Å². The molecule has 0 aliphatic carbocycles. The zero-order chi connectivity index (χ0) is 6.41.